The molecule has 1 aliphatic rings. The van der Waals surface area contributed by atoms with Gasteiger partial charge >= 0.3 is 0 Å². The predicted molar refractivity (Wildman–Crippen MR) is 120 cm³/mol. The number of carbonyl (C=O) groups is 2. The molecule has 1 heterocycles. The summed E-state index contributed by atoms with van der Waals surface area (Å²) < 4.78 is 11.2. The second kappa shape index (κ2) is 8.52. The first-order valence-electron chi connectivity index (χ1n) is 10.1. The Morgan fingerprint density at radius 2 is 1.61 bits per heavy atom. The molecule has 0 radical (unpaired) electrons. The first kappa shape index (κ1) is 20.5. The van der Waals surface area contributed by atoms with Gasteiger partial charge in [0.05, 0.1) is 18.4 Å². The molecule has 158 valence electrons. The van der Waals surface area contributed by atoms with Crippen LogP contribution in [0.2, 0.25) is 0 Å². The molecule has 0 saturated heterocycles. The second-order valence-corrected chi connectivity index (χ2v) is 7.52. The highest BCUT2D eigenvalue weighted by Crippen LogP contribution is 2.40. The Morgan fingerprint density at radius 1 is 0.871 bits per heavy atom. The lowest BCUT2D eigenvalue weighted by Gasteiger charge is -2.11. The van der Waals surface area contributed by atoms with Crippen molar-refractivity contribution in [2.75, 3.05) is 17.7 Å². The lowest BCUT2D eigenvalue weighted by Crippen LogP contribution is -2.15. The maximum Gasteiger partial charge on any atom is 0.259 e. The van der Waals surface area contributed by atoms with Crippen LogP contribution in [0.25, 0.3) is 0 Å². The number of benzene rings is 3. The average molecular weight is 416 g/mol. The molecule has 2 atom stereocenters. The van der Waals surface area contributed by atoms with E-state index in [0.717, 1.165) is 5.56 Å². The third kappa shape index (κ3) is 4.10. The molecule has 6 heteroatoms. The molecule has 0 spiro atoms. The predicted octanol–water partition coefficient (Wildman–Crippen LogP) is 5.08. The normalized spacial score (nSPS) is 16.7. The van der Waals surface area contributed by atoms with Gasteiger partial charge in [-0.15, -0.1) is 0 Å². The van der Waals surface area contributed by atoms with Crippen molar-refractivity contribution in [2.45, 2.75) is 25.9 Å². The van der Waals surface area contributed by atoms with Gasteiger partial charge in [-0.3, -0.25) is 9.59 Å². The molecule has 0 aromatic heterocycles. The maximum absolute atomic E-state index is 12.8. The van der Waals surface area contributed by atoms with E-state index >= 15 is 0 Å². The first-order valence-corrected chi connectivity index (χ1v) is 10.1. The molecule has 3 aromatic carbocycles. The van der Waals surface area contributed by atoms with E-state index in [0.29, 0.717) is 34.0 Å². The van der Waals surface area contributed by atoms with Crippen molar-refractivity contribution >= 4 is 23.2 Å². The summed E-state index contributed by atoms with van der Waals surface area (Å²) in [7, 11) is 1.55. The van der Waals surface area contributed by atoms with Gasteiger partial charge in [0.15, 0.2) is 0 Å². The second-order valence-electron chi connectivity index (χ2n) is 7.52. The smallest absolute Gasteiger partial charge is 0.259 e. The number of ether oxygens (including phenoxy) is 2. The molecule has 3 aromatic rings. The van der Waals surface area contributed by atoms with Crippen molar-refractivity contribution in [2.24, 2.45) is 0 Å². The van der Waals surface area contributed by atoms with Crippen molar-refractivity contribution in [1.29, 1.82) is 0 Å². The van der Waals surface area contributed by atoms with Crippen LogP contribution in [0, 0.1) is 0 Å². The number of methoxy groups -OCH3 is 1. The minimum absolute atomic E-state index is 0.0324. The van der Waals surface area contributed by atoms with E-state index in [9.17, 15) is 9.59 Å². The number of para-hydroxylation sites is 3. The van der Waals surface area contributed by atoms with Crippen LogP contribution in [0.3, 0.4) is 0 Å². The van der Waals surface area contributed by atoms with Gasteiger partial charge < -0.3 is 20.1 Å². The van der Waals surface area contributed by atoms with Crippen LogP contribution in [-0.4, -0.2) is 25.0 Å². The van der Waals surface area contributed by atoms with E-state index in [1.54, 1.807) is 49.6 Å². The quantitative estimate of drug-likeness (QED) is 0.608. The minimum Gasteiger partial charge on any atom is -0.495 e. The van der Waals surface area contributed by atoms with E-state index in [1.807, 2.05) is 31.2 Å². The van der Waals surface area contributed by atoms with Crippen molar-refractivity contribution < 1.29 is 19.1 Å². The van der Waals surface area contributed by atoms with Gasteiger partial charge in [-0.05, 0) is 49.4 Å². The van der Waals surface area contributed by atoms with Gasteiger partial charge in [-0.1, -0.05) is 31.2 Å². The molecule has 1 aliphatic heterocycles. The van der Waals surface area contributed by atoms with E-state index in [2.05, 4.69) is 17.6 Å². The summed E-state index contributed by atoms with van der Waals surface area (Å²) in [5.74, 6) is 0.960. The van der Waals surface area contributed by atoms with Gasteiger partial charge in [0.25, 0.3) is 11.8 Å². The molecule has 0 unspecified atom stereocenters. The van der Waals surface area contributed by atoms with Crippen LogP contribution in [0.1, 0.15) is 46.0 Å². The standard InChI is InChI=1S/C25H24N2O4/c1-15-16(2)31-23-19(15)7-6-8-20(23)25(29)26-18-13-11-17(12-14-18)24(28)27-21-9-4-5-10-22(21)30-3/h4-16H,1-3H3,(H,26,29)(H,27,28)/t15-,16-/m0/s1. The zero-order valence-electron chi connectivity index (χ0n) is 17.6. The fourth-order valence-electron chi connectivity index (χ4n) is 3.61. The molecule has 2 amide bonds. The minimum atomic E-state index is -0.264. The highest BCUT2D eigenvalue weighted by atomic mass is 16.5. The number of hydrogen-bond acceptors (Lipinski definition) is 4. The Labute approximate surface area is 181 Å². The number of hydrogen-bond donors (Lipinski definition) is 2. The van der Waals surface area contributed by atoms with Crippen LogP contribution in [0.15, 0.2) is 66.7 Å². The van der Waals surface area contributed by atoms with E-state index < -0.39 is 0 Å². The molecule has 6 nitrogen and oxygen atoms in total. The average Bonchev–Trinajstić information content (AvgIpc) is 3.08. The largest absolute Gasteiger partial charge is 0.495 e. The molecule has 0 aliphatic carbocycles. The topological polar surface area (TPSA) is 76.7 Å². The molecular formula is C25H24N2O4. The van der Waals surface area contributed by atoms with Gasteiger partial charge in [-0.2, -0.15) is 0 Å². The van der Waals surface area contributed by atoms with Crippen LogP contribution >= 0.6 is 0 Å². The number of nitrogens with one attached hydrogen (secondary N) is 2. The highest BCUT2D eigenvalue weighted by molar-refractivity contribution is 6.08. The van der Waals surface area contributed by atoms with E-state index in [1.165, 1.54) is 0 Å². The number of amides is 2. The van der Waals surface area contributed by atoms with Gasteiger partial charge in [0.1, 0.15) is 17.6 Å². The van der Waals surface area contributed by atoms with Crippen LogP contribution < -0.4 is 20.1 Å². The zero-order chi connectivity index (χ0) is 22.0. The summed E-state index contributed by atoms with van der Waals surface area (Å²) in [6.07, 6.45) is 0.0324. The van der Waals surface area contributed by atoms with Crippen LogP contribution in [0.5, 0.6) is 11.5 Å². The van der Waals surface area contributed by atoms with Crippen molar-refractivity contribution in [3.63, 3.8) is 0 Å². The fourth-order valence-corrected chi connectivity index (χ4v) is 3.61. The molecule has 2 N–H and O–H groups in total. The molecule has 0 fully saturated rings. The summed E-state index contributed by atoms with van der Waals surface area (Å²) in [6.45, 7) is 4.09. The molecule has 4 rings (SSSR count). The van der Waals surface area contributed by atoms with Crippen LogP contribution in [-0.2, 0) is 0 Å². The Morgan fingerprint density at radius 3 is 2.35 bits per heavy atom. The fraction of sp³-hybridized carbons (Fsp3) is 0.200. The Kier molecular flexibility index (Phi) is 5.62. The van der Waals surface area contributed by atoms with Crippen LogP contribution in [0.4, 0.5) is 11.4 Å². The molecule has 0 saturated carbocycles. The van der Waals surface area contributed by atoms with Gasteiger partial charge in [-0.25, -0.2) is 0 Å². The number of carbonyl (C=O) groups excluding carboxylic acids is 2. The highest BCUT2D eigenvalue weighted by Gasteiger charge is 2.31. The maximum atomic E-state index is 12.8. The van der Waals surface area contributed by atoms with E-state index in [4.69, 9.17) is 9.47 Å². The first-order chi connectivity index (χ1) is 15.0. The van der Waals surface area contributed by atoms with Crippen molar-refractivity contribution in [3.05, 3.63) is 83.4 Å². The summed E-state index contributed by atoms with van der Waals surface area (Å²) in [6, 6.07) is 19.6. The SMILES string of the molecule is COc1ccccc1NC(=O)c1ccc(NC(=O)c2cccc3c2O[C@@H](C)[C@@H]3C)cc1. The summed E-state index contributed by atoms with van der Waals surface area (Å²) in [5.41, 5.74) is 3.20. The Balaban J connectivity index is 1.46. The molecular weight excluding hydrogens is 392 g/mol. The number of anilines is 2. The number of rotatable bonds is 5. The zero-order valence-corrected chi connectivity index (χ0v) is 17.6. The third-order valence-corrected chi connectivity index (χ3v) is 5.55. The monoisotopic (exact) mass is 416 g/mol. The third-order valence-electron chi connectivity index (χ3n) is 5.55. The van der Waals surface area contributed by atoms with E-state index in [-0.39, 0.29) is 23.8 Å². The molecule has 0 bridgehead atoms. The van der Waals surface area contributed by atoms with Crippen molar-refractivity contribution in [1.82, 2.24) is 0 Å². The molecule has 31 heavy (non-hydrogen) atoms. The summed E-state index contributed by atoms with van der Waals surface area (Å²) in [5, 5.41) is 5.71. The number of fused-ring (bicyclic) bond motifs is 1. The lowest BCUT2D eigenvalue weighted by molar-refractivity contribution is 0.101. The summed E-state index contributed by atoms with van der Waals surface area (Å²) >= 11 is 0. The van der Waals surface area contributed by atoms with Crippen molar-refractivity contribution in [3.8, 4) is 11.5 Å². The van der Waals surface area contributed by atoms with Gasteiger partial charge in [0.2, 0.25) is 0 Å². The lowest BCUT2D eigenvalue weighted by atomic mass is 9.97. The summed E-state index contributed by atoms with van der Waals surface area (Å²) in [4.78, 5) is 25.4. The van der Waals surface area contributed by atoms with Gasteiger partial charge in [0, 0.05) is 22.7 Å². The Hall–Kier alpha value is -3.80. The Bertz CT molecular complexity index is 1120.